The summed E-state index contributed by atoms with van der Waals surface area (Å²) in [6.07, 6.45) is 4.11. The molecule has 22 heavy (non-hydrogen) atoms. The second-order valence-electron chi connectivity index (χ2n) is 5.05. The smallest absolute Gasteiger partial charge is 0.191 e. The lowest BCUT2D eigenvalue weighted by Crippen LogP contribution is -2.38. The van der Waals surface area contributed by atoms with Crippen LogP contribution in [0.4, 0.5) is 0 Å². The van der Waals surface area contributed by atoms with E-state index in [0.29, 0.717) is 0 Å². The van der Waals surface area contributed by atoms with Crippen LogP contribution in [0.5, 0.6) is 0 Å². The van der Waals surface area contributed by atoms with Crippen LogP contribution in [0.3, 0.4) is 0 Å². The molecule has 0 bridgehead atoms. The highest BCUT2D eigenvalue weighted by atomic mass is 127. The summed E-state index contributed by atoms with van der Waals surface area (Å²) in [6.45, 7) is 6.60. The molecular formula is C15H25IN6. The maximum Gasteiger partial charge on any atom is 0.191 e. The van der Waals surface area contributed by atoms with Gasteiger partial charge in [0.15, 0.2) is 5.96 Å². The van der Waals surface area contributed by atoms with Crippen LogP contribution < -0.4 is 10.6 Å². The van der Waals surface area contributed by atoms with Crippen molar-refractivity contribution >= 4 is 29.9 Å². The first-order chi connectivity index (χ1) is 10.1. The second kappa shape index (κ2) is 8.82. The zero-order chi connectivity index (χ0) is 15.2. The zero-order valence-corrected chi connectivity index (χ0v) is 16.0. The van der Waals surface area contributed by atoms with Gasteiger partial charge in [-0.1, -0.05) is 0 Å². The molecule has 0 amide bonds. The van der Waals surface area contributed by atoms with Gasteiger partial charge >= 0.3 is 0 Å². The molecule has 2 heterocycles. The Morgan fingerprint density at radius 3 is 2.45 bits per heavy atom. The summed E-state index contributed by atoms with van der Waals surface area (Å²) in [5.74, 6) is 0.810. The minimum Gasteiger partial charge on any atom is -0.355 e. The average molecular weight is 416 g/mol. The number of nitrogens with zero attached hydrogens (tertiary/aromatic N) is 4. The normalized spacial score (nSPS) is 11.2. The lowest BCUT2D eigenvalue weighted by atomic mass is 10.2. The summed E-state index contributed by atoms with van der Waals surface area (Å²) in [5.41, 5.74) is 3.47. The van der Waals surface area contributed by atoms with Crippen molar-refractivity contribution in [3.8, 4) is 0 Å². The third-order valence-electron chi connectivity index (χ3n) is 3.64. The zero-order valence-electron chi connectivity index (χ0n) is 13.6. The maximum absolute atomic E-state index is 4.42. The molecule has 0 fully saturated rings. The lowest BCUT2D eigenvalue weighted by molar-refractivity contribution is 0.665. The first kappa shape index (κ1) is 18.5. The Labute approximate surface area is 149 Å². The topological polar surface area (TPSA) is 59.2 Å². The highest BCUT2D eigenvalue weighted by Gasteiger charge is 2.09. The van der Waals surface area contributed by atoms with Crippen molar-refractivity contribution in [2.45, 2.75) is 26.9 Å². The van der Waals surface area contributed by atoms with Gasteiger partial charge < -0.3 is 15.2 Å². The van der Waals surface area contributed by atoms with E-state index in [2.05, 4.69) is 44.6 Å². The molecule has 2 rings (SSSR count). The molecule has 0 aliphatic carbocycles. The Kier molecular flexibility index (Phi) is 7.43. The second-order valence-corrected chi connectivity index (χ2v) is 5.05. The number of hydrogen-bond acceptors (Lipinski definition) is 2. The van der Waals surface area contributed by atoms with Crippen LogP contribution in [0.25, 0.3) is 0 Å². The Hall–Kier alpha value is -1.51. The van der Waals surface area contributed by atoms with Gasteiger partial charge in [-0.3, -0.25) is 9.67 Å². The minimum absolute atomic E-state index is 0. The van der Waals surface area contributed by atoms with Gasteiger partial charge in [0.25, 0.3) is 0 Å². The molecule has 7 heteroatoms. The SMILES string of the molecule is CN=C(NCCn1cccc1)NCc1c(C)nn(C)c1C.I. The summed E-state index contributed by atoms with van der Waals surface area (Å²) in [4.78, 5) is 4.25. The number of aliphatic imine (C=N–C) groups is 1. The number of halogens is 1. The fourth-order valence-corrected chi connectivity index (χ4v) is 2.29. The molecule has 0 unspecified atom stereocenters. The summed E-state index contributed by atoms with van der Waals surface area (Å²) in [7, 11) is 3.75. The van der Waals surface area contributed by atoms with Crippen LogP contribution in [0.1, 0.15) is 17.0 Å². The van der Waals surface area contributed by atoms with Gasteiger partial charge in [0, 0.05) is 57.4 Å². The molecule has 0 saturated heterocycles. The van der Waals surface area contributed by atoms with E-state index in [-0.39, 0.29) is 24.0 Å². The van der Waals surface area contributed by atoms with Gasteiger partial charge in [0.05, 0.1) is 5.69 Å². The number of hydrogen-bond donors (Lipinski definition) is 2. The van der Waals surface area contributed by atoms with E-state index in [1.165, 1.54) is 11.3 Å². The monoisotopic (exact) mass is 416 g/mol. The summed E-state index contributed by atoms with van der Waals surface area (Å²) in [6, 6.07) is 4.06. The number of aromatic nitrogens is 3. The van der Waals surface area contributed by atoms with Crippen molar-refractivity contribution in [1.82, 2.24) is 25.0 Å². The molecule has 6 nitrogen and oxygen atoms in total. The number of nitrogens with one attached hydrogen (secondary N) is 2. The molecule has 122 valence electrons. The molecule has 0 aliphatic heterocycles. The molecule has 0 aromatic carbocycles. The molecule has 2 N–H and O–H groups in total. The fraction of sp³-hybridized carbons (Fsp3) is 0.467. The number of aryl methyl sites for hydroxylation is 2. The highest BCUT2D eigenvalue weighted by Crippen LogP contribution is 2.10. The Morgan fingerprint density at radius 2 is 1.91 bits per heavy atom. The molecule has 0 atom stereocenters. The van der Waals surface area contributed by atoms with E-state index in [9.17, 15) is 0 Å². The van der Waals surface area contributed by atoms with Gasteiger partial charge in [-0.25, -0.2) is 0 Å². The average Bonchev–Trinajstić information content (AvgIpc) is 3.05. The van der Waals surface area contributed by atoms with Crippen LogP contribution in [-0.4, -0.2) is 33.9 Å². The number of guanidine groups is 1. The van der Waals surface area contributed by atoms with Gasteiger partial charge in [0.1, 0.15) is 0 Å². The van der Waals surface area contributed by atoms with Crippen LogP contribution in [-0.2, 0) is 20.1 Å². The van der Waals surface area contributed by atoms with Crippen molar-refractivity contribution in [2.24, 2.45) is 12.0 Å². The van der Waals surface area contributed by atoms with Crippen molar-refractivity contribution in [1.29, 1.82) is 0 Å². The van der Waals surface area contributed by atoms with Crippen LogP contribution in [0, 0.1) is 13.8 Å². The minimum atomic E-state index is 0. The van der Waals surface area contributed by atoms with Crippen molar-refractivity contribution in [2.75, 3.05) is 13.6 Å². The predicted octanol–water partition coefficient (Wildman–Crippen LogP) is 1.82. The fourth-order valence-electron chi connectivity index (χ4n) is 2.29. The van der Waals surface area contributed by atoms with Gasteiger partial charge in [0.2, 0.25) is 0 Å². The standard InChI is InChI=1S/C15H24N6.HI/c1-12-14(13(2)20(4)19-12)11-18-15(16-3)17-7-10-21-8-5-6-9-21;/h5-6,8-9H,7,10-11H2,1-4H3,(H2,16,17,18);1H. The Balaban J connectivity index is 0.00000242. The van der Waals surface area contributed by atoms with Crippen LogP contribution >= 0.6 is 24.0 Å². The van der Waals surface area contributed by atoms with E-state index < -0.39 is 0 Å². The van der Waals surface area contributed by atoms with E-state index in [0.717, 1.165) is 31.3 Å². The first-order valence-corrected chi connectivity index (χ1v) is 7.16. The van der Waals surface area contributed by atoms with Crippen molar-refractivity contribution < 1.29 is 0 Å². The first-order valence-electron chi connectivity index (χ1n) is 7.16. The van der Waals surface area contributed by atoms with E-state index in [1.54, 1.807) is 7.05 Å². The molecule has 0 saturated carbocycles. The van der Waals surface area contributed by atoms with Crippen molar-refractivity contribution in [3.05, 3.63) is 41.5 Å². The number of rotatable bonds is 5. The molecule has 0 spiro atoms. The largest absolute Gasteiger partial charge is 0.355 e. The molecule has 2 aromatic rings. The molecule has 2 aromatic heterocycles. The summed E-state index contributed by atoms with van der Waals surface area (Å²) in [5, 5.41) is 11.1. The predicted molar refractivity (Wildman–Crippen MR) is 101 cm³/mol. The van der Waals surface area contributed by atoms with Crippen molar-refractivity contribution in [3.63, 3.8) is 0 Å². The molecular weight excluding hydrogens is 391 g/mol. The van der Waals surface area contributed by atoms with Crippen LogP contribution in [0.15, 0.2) is 29.5 Å². The van der Waals surface area contributed by atoms with Crippen LogP contribution in [0.2, 0.25) is 0 Å². The van der Waals surface area contributed by atoms with Gasteiger partial charge in [-0.15, -0.1) is 24.0 Å². The third-order valence-corrected chi connectivity index (χ3v) is 3.64. The van der Waals surface area contributed by atoms with Gasteiger partial charge in [-0.05, 0) is 26.0 Å². The quantitative estimate of drug-likeness (QED) is 0.444. The van der Waals surface area contributed by atoms with E-state index >= 15 is 0 Å². The third kappa shape index (κ3) is 4.75. The molecule has 0 radical (unpaired) electrons. The van der Waals surface area contributed by atoms with Gasteiger partial charge in [-0.2, -0.15) is 5.10 Å². The molecule has 0 aliphatic rings. The Bertz CT molecular complexity index is 600. The van der Waals surface area contributed by atoms with E-state index in [1.807, 2.05) is 30.8 Å². The maximum atomic E-state index is 4.42. The van der Waals surface area contributed by atoms with E-state index in [4.69, 9.17) is 0 Å². The summed E-state index contributed by atoms with van der Waals surface area (Å²) < 4.78 is 4.05. The Morgan fingerprint density at radius 1 is 1.23 bits per heavy atom. The highest BCUT2D eigenvalue weighted by molar-refractivity contribution is 14.0. The lowest BCUT2D eigenvalue weighted by Gasteiger charge is -2.12. The summed E-state index contributed by atoms with van der Waals surface area (Å²) >= 11 is 0.